The highest BCUT2D eigenvalue weighted by Gasteiger charge is 2.19. The molecule has 2 aromatic rings. The summed E-state index contributed by atoms with van der Waals surface area (Å²) in [6.07, 6.45) is 9.18. The van der Waals surface area contributed by atoms with Gasteiger partial charge >= 0.3 is 0 Å². The Balaban J connectivity index is 0.000000685. The molecule has 0 bridgehead atoms. The quantitative estimate of drug-likeness (QED) is 0.0438. The van der Waals surface area contributed by atoms with Crippen LogP contribution in [-0.2, 0) is 17.6 Å². The van der Waals surface area contributed by atoms with E-state index in [1.165, 1.54) is 29.6 Å². The van der Waals surface area contributed by atoms with Crippen LogP contribution in [0.2, 0.25) is 5.02 Å². The molecule has 0 aromatic heterocycles. The van der Waals surface area contributed by atoms with Crippen molar-refractivity contribution in [2.45, 2.75) is 105 Å². The second kappa shape index (κ2) is 22.5. The molecule has 4 atom stereocenters. The van der Waals surface area contributed by atoms with Crippen LogP contribution in [0.5, 0.6) is 5.75 Å². The van der Waals surface area contributed by atoms with Gasteiger partial charge in [-0.2, -0.15) is 0 Å². The number of hydrogen-bond acceptors (Lipinski definition) is 4. The molecule has 0 saturated heterocycles. The summed E-state index contributed by atoms with van der Waals surface area (Å²) in [6.45, 7) is 25.8. The van der Waals surface area contributed by atoms with Gasteiger partial charge in [-0.25, -0.2) is 5.84 Å². The summed E-state index contributed by atoms with van der Waals surface area (Å²) in [5.74, 6) is 8.41. The smallest absolute Gasteiger partial charge is 0.256 e. The monoisotopic (exact) mass is 651 g/mol. The van der Waals surface area contributed by atoms with E-state index in [9.17, 15) is 4.79 Å². The van der Waals surface area contributed by atoms with Crippen molar-refractivity contribution in [1.29, 1.82) is 0 Å². The summed E-state index contributed by atoms with van der Waals surface area (Å²) in [5.41, 5.74) is 8.06. The Kier molecular flexibility index (Phi) is 20.1. The number of allylic oxidation sites excluding steroid dienone is 3. The molecule has 0 aliphatic rings. The first kappa shape index (κ1) is 41.0. The molecule has 2 aromatic carbocycles. The van der Waals surface area contributed by atoms with E-state index in [1.807, 2.05) is 6.07 Å². The number of amides is 1. The number of ether oxygens (including phenoxy) is 1. The fourth-order valence-corrected chi connectivity index (χ4v) is 5.78. The molecule has 0 radical (unpaired) electrons. The van der Waals surface area contributed by atoms with E-state index in [1.54, 1.807) is 19.2 Å². The lowest BCUT2D eigenvalue weighted by Gasteiger charge is -2.21. The highest BCUT2D eigenvalue weighted by molar-refractivity contribution is 6.32. The summed E-state index contributed by atoms with van der Waals surface area (Å²) in [5, 5.41) is 3.76. The van der Waals surface area contributed by atoms with E-state index >= 15 is 0 Å². The van der Waals surface area contributed by atoms with Crippen molar-refractivity contribution in [2.75, 3.05) is 7.11 Å². The molecule has 0 aliphatic heterocycles. The van der Waals surface area contributed by atoms with Gasteiger partial charge in [0.1, 0.15) is 11.8 Å². The Morgan fingerprint density at radius 2 is 1.63 bits per heavy atom. The highest BCUT2D eigenvalue weighted by Crippen LogP contribution is 2.27. The highest BCUT2D eigenvalue weighted by atomic mass is 35.5. The second-order valence-corrected chi connectivity index (χ2v) is 13.8. The first-order valence-corrected chi connectivity index (χ1v) is 17.3. The molecule has 0 heterocycles. The number of methoxy groups -OCH3 is 1. The van der Waals surface area contributed by atoms with Gasteiger partial charge in [0.2, 0.25) is 0 Å². The number of rotatable bonds is 20. The van der Waals surface area contributed by atoms with Crippen LogP contribution in [0, 0.1) is 23.7 Å². The fourth-order valence-electron chi connectivity index (χ4n) is 5.50. The molecule has 256 valence electrons. The zero-order chi connectivity index (χ0) is 34.6. The third-order valence-corrected chi connectivity index (χ3v) is 9.04. The number of benzene rings is 2. The van der Waals surface area contributed by atoms with E-state index in [0.717, 1.165) is 55.7 Å². The lowest BCUT2D eigenvalue weighted by Crippen LogP contribution is -2.47. The largest absolute Gasteiger partial charge is 0.495 e. The van der Waals surface area contributed by atoms with Crippen LogP contribution in [0.3, 0.4) is 0 Å². The standard InChI is InChI=1S/C27H38ClN3O2.C13H24/c1-19(20(2)16-22-12-6-5-7-13-22)10-8-9-11-21(3)30-25(27(32)31-29)18-23-14-15-26(33-4)24(28)17-23;1-7-12(6)9-13(11(4)5)8-10(2)3/h5-7,12-15,17,19-20,25,30H,3,8-11,16,18,29H2,1-2,4H3,(H,31,32);10,13H,4,6-9H2,1-3,5H3/t19?,20?,25-;/m1./s1. The minimum atomic E-state index is -0.517. The van der Waals surface area contributed by atoms with E-state index < -0.39 is 6.04 Å². The van der Waals surface area contributed by atoms with Crippen molar-refractivity contribution in [1.82, 2.24) is 10.7 Å². The topological polar surface area (TPSA) is 76.4 Å². The number of unbranched alkanes of at least 4 members (excludes halogenated alkanes) is 1. The first-order chi connectivity index (χ1) is 21.8. The molecular weight excluding hydrogens is 590 g/mol. The van der Waals surface area contributed by atoms with Gasteiger partial charge < -0.3 is 10.1 Å². The molecule has 0 fully saturated rings. The Hall–Kier alpha value is -3.02. The van der Waals surface area contributed by atoms with Gasteiger partial charge in [-0.15, -0.1) is 0 Å². The zero-order valence-electron chi connectivity index (χ0n) is 29.8. The predicted octanol–water partition coefficient (Wildman–Crippen LogP) is 10.0. The molecule has 0 spiro atoms. The molecule has 6 heteroatoms. The van der Waals surface area contributed by atoms with E-state index in [-0.39, 0.29) is 5.91 Å². The van der Waals surface area contributed by atoms with Crippen LogP contribution in [-0.4, -0.2) is 19.1 Å². The maximum absolute atomic E-state index is 12.3. The van der Waals surface area contributed by atoms with E-state index in [4.69, 9.17) is 22.2 Å². The molecule has 4 N–H and O–H groups in total. The SMILES string of the molecule is C=C(CC)CC(CC(C)C)C(=C)C.C=C(CCCCC(C)C(C)Cc1ccccc1)N[C@H](Cc1ccc(OC)c(Cl)c1)C(=O)NN. The summed E-state index contributed by atoms with van der Waals surface area (Å²) < 4.78 is 5.19. The van der Waals surface area contributed by atoms with Crippen LogP contribution >= 0.6 is 11.6 Å². The van der Waals surface area contributed by atoms with Gasteiger partial charge in [-0.1, -0.05) is 126 Å². The van der Waals surface area contributed by atoms with Crippen molar-refractivity contribution in [2.24, 2.45) is 29.5 Å². The van der Waals surface area contributed by atoms with Crippen molar-refractivity contribution in [3.63, 3.8) is 0 Å². The number of hydrogen-bond donors (Lipinski definition) is 3. The first-order valence-electron chi connectivity index (χ1n) is 16.9. The van der Waals surface area contributed by atoms with Crippen molar-refractivity contribution in [3.8, 4) is 5.75 Å². The Morgan fingerprint density at radius 3 is 2.17 bits per heavy atom. The minimum absolute atomic E-state index is 0.286. The summed E-state index contributed by atoms with van der Waals surface area (Å²) in [4.78, 5) is 12.3. The lowest BCUT2D eigenvalue weighted by atomic mass is 9.86. The van der Waals surface area contributed by atoms with Crippen LogP contribution < -0.4 is 21.3 Å². The van der Waals surface area contributed by atoms with Gasteiger partial charge in [-0.05, 0) is 92.4 Å². The average molecular weight is 652 g/mol. The van der Waals surface area contributed by atoms with Crippen LogP contribution in [0.4, 0.5) is 0 Å². The average Bonchev–Trinajstić information content (AvgIpc) is 3.02. The molecule has 1 amide bonds. The maximum atomic E-state index is 12.3. The van der Waals surface area contributed by atoms with Gasteiger partial charge in [0.25, 0.3) is 5.91 Å². The number of halogens is 1. The number of carbonyl (C=O) groups is 1. The van der Waals surface area contributed by atoms with Gasteiger partial charge in [0, 0.05) is 12.1 Å². The van der Waals surface area contributed by atoms with Gasteiger partial charge in [-0.3, -0.25) is 10.2 Å². The van der Waals surface area contributed by atoms with Crippen molar-refractivity contribution in [3.05, 3.63) is 101 Å². The van der Waals surface area contributed by atoms with Crippen molar-refractivity contribution >= 4 is 17.5 Å². The third-order valence-electron chi connectivity index (χ3n) is 8.74. The predicted molar refractivity (Wildman–Crippen MR) is 199 cm³/mol. The third kappa shape index (κ3) is 16.5. The van der Waals surface area contributed by atoms with E-state index in [2.05, 4.69) is 102 Å². The Morgan fingerprint density at radius 1 is 0.957 bits per heavy atom. The number of carbonyl (C=O) groups excluding carboxylic acids is 1. The van der Waals surface area contributed by atoms with Gasteiger partial charge in [0.15, 0.2) is 0 Å². The van der Waals surface area contributed by atoms with Gasteiger partial charge in [0.05, 0.1) is 12.1 Å². The minimum Gasteiger partial charge on any atom is -0.495 e. The molecule has 46 heavy (non-hydrogen) atoms. The van der Waals surface area contributed by atoms with Crippen molar-refractivity contribution < 1.29 is 9.53 Å². The molecule has 3 unspecified atom stereocenters. The van der Waals surface area contributed by atoms with Crippen LogP contribution in [0.15, 0.2) is 85.1 Å². The summed E-state index contributed by atoms with van der Waals surface area (Å²) in [6, 6.07) is 15.6. The normalized spacial score (nSPS) is 13.4. The Bertz CT molecular complexity index is 1210. The number of nitrogens with two attached hydrogens (primary N) is 1. The van der Waals surface area contributed by atoms with Crippen LogP contribution in [0.1, 0.15) is 97.6 Å². The summed E-state index contributed by atoms with van der Waals surface area (Å²) >= 11 is 6.22. The molecule has 2 rings (SSSR count). The summed E-state index contributed by atoms with van der Waals surface area (Å²) in [7, 11) is 1.57. The lowest BCUT2D eigenvalue weighted by molar-refractivity contribution is -0.123. The molecule has 0 saturated carbocycles. The molecule has 0 aliphatic carbocycles. The molecular formula is C40H62ClN3O2. The fraction of sp³-hybridized carbons (Fsp3) is 0.525. The van der Waals surface area contributed by atoms with E-state index in [0.29, 0.717) is 34.9 Å². The zero-order valence-corrected chi connectivity index (χ0v) is 30.5. The molecule has 5 nitrogen and oxygen atoms in total. The van der Waals surface area contributed by atoms with Crippen LogP contribution in [0.25, 0.3) is 0 Å². The maximum Gasteiger partial charge on any atom is 0.256 e. The second-order valence-electron chi connectivity index (χ2n) is 13.4. The number of hydrazine groups is 1. The Labute approximate surface area is 286 Å². The number of nitrogens with one attached hydrogen (secondary N) is 2.